The zero-order chi connectivity index (χ0) is 14.1. The van der Waals surface area contributed by atoms with Crippen molar-refractivity contribution >= 4 is 8.80 Å². The molecule has 0 saturated heterocycles. The molecule has 0 aliphatic heterocycles. The van der Waals surface area contributed by atoms with Crippen LogP contribution in [0.4, 0.5) is 0 Å². The number of benzene rings is 1. The normalized spacial score (nSPS) is 11.8. The Morgan fingerprint density at radius 2 is 1.42 bits per heavy atom. The van der Waals surface area contributed by atoms with Crippen LogP contribution in [0.25, 0.3) is 0 Å². The molecule has 1 rings (SSSR count). The maximum atomic E-state index is 5.87. The molecular formula is C15H26O3Si. The van der Waals surface area contributed by atoms with Crippen molar-refractivity contribution in [3.63, 3.8) is 0 Å². The highest BCUT2D eigenvalue weighted by Crippen LogP contribution is 2.20. The Morgan fingerprint density at radius 1 is 0.895 bits per heavy atom. The van der Waals surface area contributed by atoms with Crippen molar-refractivity contribution in [3.05, 3.63) is 35.4 Å². The second-order valence-corrected chi connectivity index (χ2v) is 7.14. The predicted octanol–water partition coefficient (Wildman–Crippen LogP) is 3.59. The Morgan fingerprint density at radius 3 is 1.89 bits per heavy atom. The number of hydrogen-bond donors (Lipinski definition) is 0. The molecule has 0 aliphatic carbocycles. The first kappa shape index (κ1) is 16.4. The summed E-state index contributed by atoms with van der Waals surface area (Å²) >= 11 is 0. The van der Waals surface area contributed by atoms with Gasteiger partial charge in [-0.05, 0) is 45.2 Å². The summed E-state index contributed by atoms with van der Waals surface area (Å²) in [5, 5.41) is 0. The lowest BCUT2D eigenvalue weighted by Gasteiger charge is -2.28. The minimum atomic E-state index is -2.50. The van der Waals surface area contributed by atoms with Gasteiger partial charge in [0.25, 0.3) is 0 Å². The van der Waals surface area contributed by atoms with Gasteiger partial charge in [-0.2, -0.15) is 0 Å². The molecule has 0 radical (unpaired) electrons. The van der Waals surface area contributed by atoms with Crippen LogP contribution in [0.1, 0.15) is 31.9 Å². The van der Waals surface area contributed by atoms with E-state index in [2.05, 4.69) is 31.2 Å². The minimum absolute atomic E-state index is 0.639. The van der Waals surface area contributed by atoms with Crippen molar-refractivity contribution in [2.45, 2.75) is 40.2 Å². The van der Waals surface area contributed by atoms with Gasteiger partial charge >= 0.3 is 8.80 Å². The second kappa shape index (κ2) is 8.48. The van der Waals surface area contributed by atoms with E-state index in [0.717, 1.165) is 12.5 Å². The Labute approximate surface area is 118 Å². The highest BCUT2D eigenvalue weighted by Gasteiger charge is 2.39. The van der Waals surface area contributed by atoms with E-state index in [4.69, 9.17) is 13.3 Å². The maximum Gasteiger partial charge on any atom is 0.501 e. The molecule has 108 valence electrons. The number of aryl methyl sites for hydroxylation is 2. The molecule has 1 aromatic rings. The van der Waals surface area contributed by atoms with Gasteiger partial charge in [0.05, 0.1) is 0 Å². The van der Waals surface area contributed by atoms with Crippen molar-refractivity contribution in [3.8, 4) is 0 Å². The third-order valence-corrected chi connectivity index (χ3v) is 6.10. The molecule has 0 N–H and O–H groups in total. The lowest BCUT2D eigenvalue weighted by atomic mass is 10.1. The van der Waals surface area contributed by atoms with Crippen LogP contribution in [0.15, 0.2) is 24.3 Å². The van der Waals surface area contributed by atoms with Crippen molar-refractivity contribution in [2.24, 2.45) is 0 Å². The van der Waals surface area contributed by atoms with E-state index < -0.39 is 8.80 Å². The Bertz CT molecular complexity index is 351. The maximum absolute atomic E-state index is 5.87. The first-order valence-electron chi connectivity index (χ1n) is 7.13. The number of rotatable bonds is 9. The van der Waals surface area contributed by atoms with E-state index in [0.29, 0.717) is 19.8 Å². The first-order chi connectivity index (χ1) is 9.17. The zero-order valence-electron chi connectivity index (χ0n) is 12.6. The van der Waals surface area contributed by atoms with Gasteiger partial charge in [0.1, 0.15) is 0 Å². The predicted molar refractivity (Wildman–Crippen MR) is 80.3 cm³/mol. The van der Waals surface area contributed by atoms with Crippen molar-refractivity contribution < 1.29 is 13.3 Å². The van der Waals surface area contributed by atoms with Gasteiger partial charge in [-0.15, -0.1) is 0 Å². The van der Waals surface area contributed by atoms with E-state index in [1.54, 1.807) is 0 Å². The molecule has 1 aromatic carbocycles. The highest BCUT2D eigenvalue weighted by molar-refractivity contribution is 6.60. The highest BCUT2D eigenvalue weighted by atomic mass is 28.4. The quantitative estimate of drug-likeness (QED) is 0.648. The Hall–Kier alpha value is -0.683. The summed E-state index contributed by atoms with van der Waals surface area (Å²) in [7, 11) is -2.50. The van der Waals surface area contributed by atoms with Gasteiger partial charge in [0.15, 0.2) is 0 Å². The third-order valence-electron chi connectivity index (χ3n) is 3.05. The Kier molecular flexibility index (Phi) is 7.31. The van der Waals surface area contributed by atoms with Crippen LogP contribution in [-0.2, 0) is 19.7 Å². The standard InChI is InChI=1S/C15H26O3Si/c1-5-16-19(17-6-2,18-7-3)13-12-15-11-9-8-10-14(15)4/h8-11H,5-7,12-13H2,1-4H3. The van der Waals surface area contributed by atoms with Gasteiger partial charge < -0.3 is 13.3 Å². The molecule has 0 bridgehead atoms. The molecule has 0 atom stereocenters. The summed E-state index contributed by atoms with van der Waals surface area (Å²) in [5.74, 6) is 0. The van der Waals surface area contributed by atoms with Gasteiger partial charge in [0.2, 0.25) is 0 Å². The monoisotopic (exact) mass is 282 g/mol. The van der Waals surface area contributed by atoms with Crippen LogP contribution < -0.4 is 0 Å². The smallest absolute Gasteiger partial charge is 0.374 e. The van der Waals surface area contributed by atoms with Crippen molar-refractivity contribution in [1.29, 1.82) is 0 Å². The molecular weight excluding hydrogens is 256 g/mol. The molecule has 0 aliphatic rings. The van der Waals surface area contributed by atoms with E-state index in [1.165, 1.54) is 11.1 Å². The summed E-state index contributed by atoms with van der Waals surface area (Å²) < 4.78 is 17.6. The average Bonchev–Trinajstić information content (AvgIpc) is 2.39. The molecule has 0 aromatic heterocycles. The van der Waals surface area contributed by atoms with E-state index in [9.17, 15) is 0 Å². The summed E-state index contributed by atoms with van der Waals surface area (Å²) in [6.07, 6.45) is 0.943. The minimum Gasteiger partial charge on any atom is -0.374 e. The van der Waals surface area contributed by atoms with Crippen LogP contribution in [0.3, 0.4) is 0 Å². The summed E-state index contributed by atoms with van der Waals surface area (Å²) in [6, 6.07) is 9.29. The molecule has 4 heteroatoms. The van der Waals surface area contributed by atoms with Gasteiger partial charge in [-0.3, -0.25) is 0 Å². The topological polar surface area (TPSA) is 27.7 Å². The molecule has 0 spiro atoms. The van der Waals surface area contributed by atoms with E-state index in [-0.39, 0.29) is 0 Å². The molecule has 0 fully saturated rings. The molecule has 3 nitrogen and oxygen atoms in total. The van der Waals surface area contributed by atoms with Crippen LogP contribution in [-0.4, -0.2) is 28.6 Å². The second-order valence-electron chi connectivity index (χ2n) is 4.41. The summed E-state index contributed by atoms with van der Waals surface area (Å²) in [6.45, 7) is 10.0. The summed E-state index contributed by atoms with van der Waals surface area (Å²) in [5.41, 5.74) is 2.66. The van der Waals surface area contributed by atoms with E-state index in [1.807, 2.05) is 20.8 Å². The lowest BCUT2D eigenvalue weighted by Crippen LogP contribution is -2.46. The zero-order valence-corrected chi connectivity index (χ0v) is 13.6. The number of hydrogen-bond acceptors (Lipinski definition) is 3. The third kappa shape index (κ3) is 5.07. The largest absolute Gasteiger partial charge is 0.501 e. The van der Waals surface area contributed by atoms with Crippen LogP contribution in [0, 0.1) is 6.92 Å². The summed E-state index contributed by atoms with van der Waals surface area (Å²) in [4.78, 5) is 0. The molecule has 0 saturated carbocycles. The van der Waals surface area contributed by atoms with Crippen LogP contribution >= 0.6 is 0 Å². The average molecular weight is 282 g/mol. The fourth-order valence-corrected chi connectivity index (χ4v) is 4.76. The molecule has 19 heavy (non-hydrogen) atoms. The van der Waals surface area contributed by atoms with Crippen LogP contribution in [0.5, 0.6) is 0 Å². The lowest BCUT2D eigenvalue weighted by molar-refractivity contribution is 0.0714. The first-order valence-corrected chi connectivity index (χ1v) is 9.07. The van der Waals surface area contributed by atoms with Crippen molar-refractivity contribution in [1.82, 2.24) is 0 Å². The van der Waals surface area contributed by atoms with Gasteiger partial charge in [-0.25, -0.2) is 0 Å². The molecule has 0 unspecified atom stereocenters. The fourth-order valence-electron chi connectivity index (χ4n) is 2.18. The fraction of sp³-hybridized carbons (Fsp3) is 0.600. The molecule has 0 amide bonds. The van der Waals surface area contributed by atoms with E-state index >= 15 is 0 Å². The van der Waals surface area contributed by atoms with Gasteiger partial charge in [-0.1, -0.05) is 24.3 Å². The van der Waals surface area contributed by atoms with Gasteiger partial charge in [0, 0.05) is 25.9 Å². The van der Waals surface area contributed by atoms with Crippen molar-refractivity contribution in [2.75, 3.05) is 19.8 Å². The SMILES string of the molecule is CCO[Si](CCc1ccccc1C)(OCC)OCC. The Balaban J connectivity index is 2.73. The molecule has 0 heterocycles. The van der Waals surface area contributed by atoms with Crippen LogP contribution in [0.2, 0.25) is 6.04 Å².